The van der Waals surface area contributed by atoms with E-state index in [2.05, 4.69) is 5.32 Å². The molecule has 1 aliphatic heterocycles. The van der Waals surface area contributed by atoms with Gasteiger partial charge in [0.2, 0.25) is 11.8 Å². The van der Waals surface area contributed by atoms with Crippen molar-refractivity contribution < 1.29 is 18.7 Å². The van der Waals surface area contributed by atoms with Crippen LogP contribution in [0.1, 0.15) is 29.5 Å². The van der Waals surface area contributed by atoms with Gasteiger partial charge in [-0.15, -0.1) is 0 Å². The van der Waals surface area contributed by atoms with Crippen molar-refractivity contribution in [1.29, 1.82) is 0 Å². The molecule has 26 heavy (non-hydrogen) atoms. The Morgan fingerprint density at radius 3 is 2.81 bits per heavy atom. The van der Waals surface area contributed by atoms with Crippen LogP contribution >= 0.6 is 0 Å². The predicted molar refractivity (Wildman–Crippen MR) is 99.0 cm³/mol. The lowest BCUT2D eigenvalue weighted by molar-refractivity contribution is -0.147. The van der Waals surface area contributed by atoms with E-state index in [1.807, 2.05) is 26.0 Å². The molecule has 2 aromatic rings. The van der Waals surface area contributed by atoms with E-state index in [1.54, 1.807) is 25.3 Å². The summed E-state index contributed by atoms with van der Waals surface area (Å²) in [5.41, 5.74) is 2.99. The highest BCUT2D eigenvalue weighted by atomic mass is 16.5. The van der Waals surface area contributed by atoms with Crippen LogP contribution in [-0.4, -0.2) is 49.6 Å². The van der Waals surface area contributed by atoms with Gasteiger partial charge in [-0.3, -0.25) is 9.59 Å². The number of rotatable bonds is 5. The summed E-state index contributed by atoms with van der Waals surface area (Å²) >= 11 is 0. The lowest BCUT2D eigenvalue weighted by Crippen LogP contribution is -2.59. The highest BCUT2D eigenvalue weighted by molar-refractivity contribution is 5.94. The summed E-state index contributed by atoms with van der Waals surface area (Å²) < 4.78 is 11.0. The minimum atomic E-state index is -0.924. The molecule has 1 fully saturated rings. The molecule has 1 unspecified atom stereocenters. The standard InChI is InChI=1S/C20H26N2O4/c1-13-6-7-16-15(11-26-18(16)14(13)2)10-17(23)22-9-5-8-20(22,12-25-4)19(24)21-3/h6-7,11H,5,8-10,12H2,1-4H3,(H,21,24). The fraction of sp³-hybridized carbons (Fsp3) is 0.500. The number of fused-ring (bicyclic) bond motifs is 1. The van der Waals surface area contributed by atoms with Gasteiger partial charge in [-0.05, 0) is 37.8 Å². The zero-order valence-electron chi connectivity index (χ0n) is 15.8. The van der Waals surface area contributed by atoms with Crippen LogP contribution in [0.2, 0.25) is 0 Å². The van der Waals surface area contributed by atoms with Gasteiger partial charge >= 0.3 is 0 Å². The Labute approximate surface area is 153 Å². The van der Waals surface area contributed by atoms with E-state index in [9.17, 15) is 9.59 Å². The highest BCUT2D eigenvalue weighted by Gasteiger charge is 2.49. The number of nitrogens with zero attached hydrogens (tertiary/aromatic N) is 1. The molecular formula is C20H26N2O4. The summed E-state index contributed by atoms with van der Waals surface area (Å²) in [5, 5.41) is 3.64. The molecule has 1 aromatic carbocycles. The van der Waals surface area contributed by atoms with Crippen LogP contribution in [0.15, 0.2) is 22.8 Å². The van der Waals surface area contributed by atoms with Crippen molar-refractivity contribution in [1.82, 2.24) is 10.2 Å². The third kappa shape index (κ3) is 2.88. The van der Waals surface area contributed by atoms with Crippen molar-refractivity contribution in [3.8, 4) is 0 Å². The van der Waals surface area contributed by atoms with Crippen LogP contribution in [0, 0.1) is 13.8 Å². The number of ether oxygens (including phenoxy) is 1. The molecule has 2 amide bonds. The number of methoxy groups -OCH3 is 1. The summed E-state index contributed by atoms with van der Waals surface area (Å²) in [7, 11) is 3.15. The number of carbonyl (C=O) groups excluding carboxylic acids is 2. The van der Waals surface area contributed by atoms with Crippen LogP contribution in [0.3, 0.4) is 0 Å². The quantitative estimate of drug-likeness (QED) is 0.891. The third-order valence-corrected chi connectivity index (χ3v) is 5.51. The first kappa shape index (κ1) is 18.5. The maximum Gasteiger partial charge on any atom is 0.248 e. The van der Waals surface area contributed by atoms with Crippen molar-refractivity contribution in [2.75, 3.05) is 27.3 Å². The molecule has 0 bridgehead atoms. The Balaban J connectivity index is 1.90. The number of amides is 2. The lowest BCUT2D eigenvalue weighted by Gasteiger charge is -2.36. The molecule has 3 rings (SSSR count). The first-order valence-corrected chi connectivity index (χ1v) is 8.92. The number of hydrogen-bond acceptors (Lipinski definition) is 4. The van der Waals surface area contributed by atoms with E-state index < -0.39 is 5.54 Å². The minimum absolute atomic E-state index is 0.0796. The zero-order chi connectivity index (χ0) is 18.9. The van der Waals surface area contributed by atoms with E-state index in [1.165, 1.54) is 0 Å². The van der Waals surface area contributed by atoms with Gasteiger partial charge in [0.1, 0.15) is 11.1 Å². The molecule has 1 aliphatic rings. The SMILES string of the molecule is CNC(=O)C1(COC)CCCN1C(=O)Cc1coc2c(C)c(C)ccc12. The summed E-state index contributed by atoms with van der Waals surface area (Å²) in [4.78, 5) is 27.3. The molecule has 1 atom stereocenters. The molecule has 6 nitrogen and oxygen atoms in total. The second kappa shape index (κ2) is 7.11. The highest BCUT2D eigenvalue weighted by Crippen LogP contribution is 2.32. The summed E-state index contributed by atoms with van der Waals surface area (Å²) in [6.07, 6.45) is 3.25. The van der Waals surface area contributed by atoms with Crippen molar-refractivity contribution in [2.45, 2.75) is 38.6 Å². The molecule has 6 heteroatoms. The van der Waals surface area contributed by atoms with Crippen molar-refractivity contribution in [3.05, 3.63) is 35.1 Å². The Morgan fingerprint density at radius 1 is 1.35 bits per heavy atom. The molecule has 1 saturated heterocycles. The summed E-state index contributed by atoms with van der Waals surface area (Å²) in [6, 6.07) is 4.03. The zero-order valence-corrected chi connectivity index (χ0v) is 15.8. The number of aryl methyl sites for hydroxylation is 2. The molecule has 0 radical (unpaired) electrons. The average molecular weight is 358 g/mol. The number of hydrogen-bond donors (Lipinski definition) is 1. The van der Waals surface area contributed by atoms with E-state index in [4.69, 9.17) is 9.15 Å². The van der Waals surface area contributed by atoms with Crippen molar-refractivity contribution >= 4 is 22.8 Å². The van der Waals surface area contributed by atoms with Gasteiger partial charge in [0.05, 0.1) is 19.3 Å². The first-order valence-electron chi connectivity index (χ1n) is 8.92. The van der Waals surface area contributed by atoms with Gasteiger partial charge in [0.15, 0.2) is 0 Å². The number of carbonyl (C=O) groups is 2. The molecule has 0 aliphatic carbocycles. The summed E-state index contributed by atoms with van der Waals surface area (Å²) in [5.74, 6) is -0.252. The molecule has 0 spiro atoms. The van der Waals surface area contributed by atoms with Crippen molar-refractivity contribution in [3.63, 3.8) is 0 Å². The Kier molecular flexibility index (Phi) is 5.05. The van der Waals surface area contributed by atoms with Gasteiger partial charge in [0, 0.05) is 31.7 Å². The molecular weight excluding hydrogens is 332 g/mol. The Hall–Kier alpha value is -2.34. The van der Waals surface area contributed by atoms with Gasteiger partial charge in [-0.25, -0.2) is 0 Å². The van der Waals surface area contributed by atoms with Crippen LogP contribution < -0.4 is 5.32 Å². The van der Waals surface area contributed by atoms with Crippen LogP contribution in [0.25, 0.3) is 11.0 Å². The van der Waals surface area contributed by atoms with Gasteiger partial charge in [-0.1, -0.05) is 12.1 Å². The minimum Gasteiger partial charge on any atom is -0.464 e. The fourth-order valence-electron chi connectivity index (χ4n) is 3.95. The largest absolute Gasteiger partial charge is 0.464 e. The number of furan rings is 1. The van der Waals surface area contributed by atoms with Crippen LogP contribution in [-0.2, 0) is 20.7 Å². The maximum absolute atomic E-state index is 13.1. The van der Waals surface area contributed by atoms with Crippen LogP contribution in [0.5, 0.6) is 0 Å². The van der Waals surface area contributed by atoms with Gasteiger partial charge in [-0.2, -0.15) is 0 Å². The van der Waals surface area contributed by atoms with Gasteiger partial charge < -0.3 is 19.4 Å². The normalized spacial score (nSPS) is 19.9. The molecule has 1 N–H and O–H groups in total. The topological polar surface area (TPSA) is 71.8 Å². The van der Waals surface area contributed by atoms with E-state index in [0.29, 0.717) is 13.0 Å². The number of benzene rings is 1. The van der Waals surface area contributed by atoms with E-state index in [0.717, 1.165) is 34.1 Å². The molecule has 0 saturated carbocycles. The monoisotopic (exact) mass is 358 g/mol. The van der Waals surface area contributed by atoms with E-state index in [-0.39, 0.29) is 24.8 Å². The average Bonchev–Trinajstić information content (AvgIpc) is 3.23. The summed E-state index contributed by atoms with van der Waals surface area (Å²) in [6.45, 7) is 4.81. The first-order chi connectivity index (χ1) is 12.4. The fourth-order valence-corrected chi connectivity index (χ4v) is 3.95. The second-order valence-corrected chi connectivity index (χ2v) is 7.01. The van der Waals surface area contributed by atoms with Crippen LogP contribution in [0.4, 0.5) is 0 Å². The molecule has 1 aromatic heterocycles. The molecule has 140 valence electrons. The van der Waals surface area contributed by atoms with Gasteiger partial charge in [0.25, 0.3) is 0 Å². The Morgan fingerprint density at radius 2 is 2.12 bits per heavy atom. The predicted octanol–water partition coefficient (Wildman–Crippen LogP) is 2.35. The lowest BCUT2D eigenvalue weighted by atomic mass is 9.95. The number of likely N-dealkylation sites (tertiary alicyclic amines) is 1. The molecule has 2 heterocycles. The third-order valence-electron chi connectivity index (χ3n) is 5.51. The smallest absolute Gasteiger partial charge is 0.248 e. The van der Waals surface area contributed by atoms with Crippen molar-refractivity contribution in [2.24, 2.45) is 0 Å². The number of likely N-dealkylation sites (N-methyl/N-ethyl adjacent to an activating group) is 1. The second-order valence-electron chi connectivity index (χ2n) is 7.01. The van der Waals surface area contributed by atoms with E-state index >= 15 is 0 Å². The maximum atomic E-state index is 13.1. The number of nitrogens with one attached hydrogen (secondary N) is 1. The Bertz CT molecular complexity index is 842.